The highest BCUT2D eigenvalue weighted by Gasteiger charge is 2.16. The lowest BCUT2D eigenvalue weighted by Crippen LogP contribution is -2.28. The van der Waals surface area contributed by atoms with Crippen molar-refractivity contribution in [1.82, 2.24) is 10.3 Å². The molecular weight excluding hydrogens is 364 g/mol. The van der Waals surface area contributed by atoms with E-state index in [0.29, 0.717) is 18.1 Å². The maximum absolute atomic E-state index is 12.6. The molecule has 0 aliphatic heterocycles. The number of hydrogen-bond donors (Lipinski definition) is 1. The first-order valence-corrected chi connectivity index (χ1v) is 9.46. The Morgan fingerprint density at radius 3 is 2.55 bits per heavy atom. The van der Waals surface area contributed by atoms with Crippen LogP contribution in [-0.4, -0.2) is 24.6 Å². The second kappa shape index (κ2) is 10.1. The Bertz CT molecular complexity index is 917. The maximum Gasteiger partial charge on any atom is 0.244 e. The van der Waals surface area contributed by atoms with Crippen LogP contribution in [0.1, 0.15) is 29.8 Å². The van der Waals surface area contributed by atoms with Crippen LogP contribution < -0.4 is 14.8 Å². The van der Waals surface area contributed by atoms with E-state index in [1.807, 2.05) is 73.7 Å². The van der Waals surface area contributed by atoms with E-state index in [1.54, 1.807) is 19.4 Å². The second-order valence-corrected chi connectivity index (χ2v) is 6.28. The molecule has 0 aliphatic rings. The number of nitrogens with zero attached hydrogens (tertiary/aromatic N) is 1. The van der Waals surface area contributed by atoms with Crippen LogP contribution in [0.15, 0.2) is 79.0 Å². The van der Waals surface area contributed by atoms with Crippen molar-refractivity contribution in [1.29, 1.82) is 0 Å². The summed E-state index contributed by atoms with van der Waals surface area (Å²) >= 11 is 0. The van der Waals surface area contributed by atoms with Crippen LogP contribution >= 0.6 is 0 Å². The van der Waals surface area contributed by atoms with Gasteiger partial charge < -0.3 is 14.8 Å². The Balaban J connectivity index is 1.77. The third-order valence-corrected chi connectivity index (χ3v) is 4.32. The number of rotatable bonds is 8. The average molecular weight is 388 g/mol. The van der Waals surface area contributed by atoms with Crippen molar-refractivity contribution < 1.29 is 14.3 Å². The summed E-state index contributed by atoms with van der Waals surface area (Å²) < 4.78 is 10.9. The fourth-order valence-electron chi connectivity index (χ4n) is 2.95. The zero-order chi connectivity index (χ0) is 20.5. The number of carbonyl (C=O) groups is 1. The lowest BCUT2D eigenvalue weighted by Gasteiger charge is -2.18. The third kappa shape index (κ3) is 5.45. The molecule has 0 radical (unpaired) electrons. The van der Waals surface area contributed by atoms with Crippen LogP contribution in [0.3, 0.4) is 0 Å². The van der Waals surface area contributed by atoms with Gasteiger partial charge in [0, 0.05) is 12.3 Å². The van der Waals surface area contributed by atoms with E-state index in [-0.39, 0.29) is 11.9 Å². The van der Waals surface area contributed by atoms with E-state index in [1.165, 1.54) is 6.08 Å². The molecule has 1 aromatic heterocycles. The molecule has 3 rings (SSSR count). The molecular formula is C24H24N2O3. The molecule has 5 heteroatoms. The van der Waals surface area contributed by atoms with Gasteiger partial charge in [0.1, 0.15) is 0 Å². The van der Waals surface area contributed by atoms with Crippen molar-refractivity contribution in [2.75, 3.05) is 13.7 Å². The predicted octanol–water partition coefficient (Wildman–Crippen LogP) is 4.41. The minimum Gasteiger partial charge on any atom is -0.493 e. The largest absolute Gasteiger partial charge is 0.493 e. The van der Waals surface area contributed by atoms with Crippen molar-refractivity contribution in [2.45, 2.75) is 13.0 Å². The summed E-state index contributed by atoms with van der Waals surface area (Å²) in [5.41, 5.74) is 2.59. The minimum absolute atomic E-state index is 0.211. The Morgan fingerprint density at radius 1 is 1.07 bits per heavy atom. The third-order valence-electron chi connectivity index (χ3n) is 4.32. The summed E-state index contributed by atoms with van der Waals surface area (Å²) in [4.78, 5) is 17.0. The number of aromatic nitrogens is 1. The molecule has 1 unspecified atom stereocenters. The van der Waals surface area contributed by atoms with E-state index in [9.17, 15) is 4.79 Å². The van der Waals surface area contributed by atoms with Gasteiger partial charge in [-0.1, -0.05) is 42.5 Å². The number of hydrogen-bond acceptors (Lipinski definition) is 4. The average Bonchev–Trinajstić information content (AvgIpc) is 2.78. The van der Waals surface area contributed by atoms with Crippen LogP contribution in [0.5, 0.6) is 11.5 Å². The van der Waals surface area contributed by atoms with E-state index >= 15 is 0 Å². The van der Waals surface area contributed by atoms with E-state index < -0.39 is 0 Å². The highest BCUT2D eigenvalue weighted by atomic mass is 16.5. The monoisotopic (exact) mass is 388 g/mol. The molecule has 1 heterocycles. The van der Waals surface area contributed by atoms with Gasteiger partial charge in [-0.2, -0.15) is 0 Å². The maximum atomic E-state index is 12.6. The van der Waals surface area contributed by atoms with Crippen molar-refractivity contribution in [3.8, 4) is 11.5 Å². The van der Waals surface area contributed by atoms with Crippen molar-refractivity contribution in [2.24, 2.45) is 0 Å². The first-order chi connectivity index (χ1) is 14.2. The molecule has 3 aromatic rings. The molecule has 1 atom stereocenters. The molecule has 0 saturated carbocycles. The van der Waals surface area contributed by atoms with E-state index in [2.05, 4.69) is 10.3 Å². The Morgan fingerprint density at radius 2 is 1.86 bits per heavy atom. The van der Waals surface area contributed by atoms with Crippen LogP contribution in [0, 0.1) is 0 Å². The van der Waals surface area contributed by atoms with Crippen LogP contribution in [0.2, 0.25) is 0 Å². The van der Waals surface area contributed by atoms with E-state index in [4.69, 9.17) is 9.47 Å². The Kier molecular flexibility index (Phi) is 7.00. The number of benzene rings is 2. The second-order valence-electron chi connectivity index (χ2n) is 6.28. The first-order valence-electron chi connectivity index (χ1n) is 9.46. The minimum atomic E-state index is -0.329. The van der Waals surface area contributed by atoms with Crippen molar-refractivity contribution >= 4 is 12.0 Å². The molecule has 2 aromatic carbocycles. The molecule has 0 bridgehead atoms. The zero-order valence-electron chi connectivity index (χ0n) is 16.5. The SMILES string of the molecule is CCOc1ccc(/C=C/C(=O)NC(c2ccccc2)c2ccccn2)cc1OC. The van der Waals surface area contributed by atoms with Gasteiger partial charge in [0.2, 0.25) is 5.91 Å². The molecule has 1 N–H and O–H groups in total. The standard InChI is InChI=1S/C24H24N2O3/c1-3-29-21-14-12-18(17-22(21)28-2)13-15-23(27)26-24(19-9-5-4-6-10-19)20-11-7-8-16-25-20/h4-17,24H,3H2,1-2H3,(H,26,27)/b15-13+. The van der Waals surface area contributed by atoms with Gasteiger partial charge in [-0.25, -0.2) is 0 Å². The van der Waals surface area contributed by atoms with Gasteiger partial charge in [0.25, 0.3) is 0 Å². The quantitative estimate of drug-likeness (QED) is 0.581. The Hall–Kier alpha value is -3.60. The first kappa shape index (κ1) is 20.1. The molecule has 0 aliphatic carbocycles. The number of pyridine rings is 1. The lowest BCUT2D eigenvalue weighted by molar-refractivity contribution is -0.116. The highest BCUT2D eigenvalue weighted by Crippen LogP contribution is 2.28. The topological polar surface area (TPSA) is 60.5 Å². The lowest BCUT2D eigenvalue weighted by atomic mass is 10.0. The summed E-state index contributed by atoms with van der Waals surface area (Å²) in [5, 5.41) is 3.04. The van der Waals surface area contributed by atoms with Gasteiger partial charge in [-0.15, -0.1) is 0 Å². The van der Waals surface area contributed by atoms with Crippen molar-refractivity contribution in [3.05, 3.63) is 95.8 Å². The molecule has 29 heavy (non-hydrogen) atoms. The normalized spacial score (nSPS) is 11.8. The predicted molar refractivity (Wildman–Crippen MR) is 114 cm³/mol. The number of methoxy groups -OCH3 is 1. The molecule has 1 amide bonds. The highest BCUT2D eigenvalue weighted by molar-refractivity contribution is 5.92. The summed E-state index contributed by atoms with van der Waals surface area (Å²) in [6.07, 6.45) is 4.97. The van der Waals surface area contributed by atoms with Crippen LogP contribution in [0.25, 0.3) is 6.08 Å². The molecule has 148 valence electrons. The van der Waals surface area contributed by atoms with Gasteiger partial charge >= 0.3 is 0 Å². The number of carbonyl (C=O) groups excluding carboxylic acids is 1. The summed E-state index contributed by atoms with van der Waals surface area (Å²) in [6, 6.07) is 20.7. The van der Waals surface area contributed by atoms with Gasteiger partial charge in [0.05, 0.1) is 25.5 Å². The molecule has 5 nitrogen and oxygen atoms in total. The molecule has 0 spiro atoms. The summed E-state index contributed by atoms with van der Waals surface area (Å²) in [7, 11) is 1.59. The van der Waals surface area contributed by atoms with Gasteiger partial charge in [-0.05, 0) is 48.4 Å². The fraction of sp³-hybridized carbons (Fsp3) is 0.167. The van der Waals surface area contributed by atoms with Crippen molar-refractivity contribution in [3.63, 3.8) is 0 Å². The molecule has 0 fully saturated rings. The number of nitrogens with one attached hydrogen (secondary N) is 1. The summed E-state index contributed by atoms with van der Waals surface area (Å²) in [6.45, 7) is 2.48. The Labute approximate surface area is 171 Å². The van der Waals surface area contributed by atoms with Crippen LogP contribution in [0.4, 0.5) is 0 Å². The summed E-state index contributed by atoms with van der Waals surface area (Å²) in [5.74, 6) is 1.10. The van der Waals surface area contributed by atoms with Crippen LogP contribution in [-0.2, 0) is 4.79 Å². The number of amides is 1. The van der Waals surface area contributed by atoms with Gasteiger partial charge in [-0.3, -0.25) is 9.78 Å². The fourth-order valence-corrected chi connectivity index (χ4v) is 2.95. The van der Waals surface area contributed by atoms with E-state index in [0.717, 1.165) is 16.8 Å². The number of ether oxygens (including phenoxy) is 2. The van der Waals surface area contributed by atoms with Gasteiger partial charge in [0.15, 0.2) is 11.5 Å². The molecule has 0 saturated heterocycles. The zero-order valence-corrected chi connectivity index (χ0v) is 16.5. The smallest absolute Gasteiger partial charge is 0.244 e.